The maximum absolute atomic E-state index is 6.11. The summed E-state index contributed by atoms with van der Waals surface area (Å²) >= 11 is 0. The lowest BCUT2D eigenvalue weighted by Crippen LogP contribution is -2.43. The highest BCUT2D eigenvalue weighted by atomic mass is 15.4. The summed E-state index contributed by atoms with van der Waals surface area (Å²) in [5.41, 5.74) is 13.7. The van der Waals surface area contributed by atoms with Gasteiger partial charge in [-0.1, -0.05) is 48.1 Å². The monoisotopic (exact) mass is 310 g/mol. The molecule has 0 saturated heterocycles. The number of hydrogen-bond acceptors (Lipinski definition) is 4. The minimum absolute atomic E-state index is 0.00840. The molecule has 0 aliphatic rings. The number of hydrogen-bond donors (Lipinski definition) is 3. The topological polar surface area (TPSA) is 81.3 Å². The summed E-state index contributed by atoms with van der Waals surface area (Å²) < 4.78 is 0. The van der Waals surface area contributed by atoms with Crippen molar-refractivity contribution in [2.24, 2.45) is 34.1 Å². The molecule has 0 aliphatic carbocycles. The Kier molecular flexibility index (Phi) is 7.83. The van der Waals surface area contributed by atoms with Gasteiger partial charge in [-0.05, 0) is 41.7 Å². The lowest BCUT2D eigenvalue weighted by molar-refractivity contribution is 0.152. The van der Waals surface area contributed by atoms with Gasteiger partial charge >= 0.3 is 0 Å². The summed E-state index contributed by atoms with van der Waals surface area (Å²) in [7, 11) is 0. The van der Waals surface area contributed by atoms with E-state index in [0.717, 1.165) is 6.42 Å². The van der Waals surface area contributed by atoms with Crippen LogP contribution in [0.4, 0.5) is 0 Å². The Bertz CT molecular complexity index is 392. The molecule has 0 fully saturated rings. The van der Waals surface area contributed by atoms with E-state index >= 15 is 0 Å². The van der Waals surface area contributed by atoms with Gasteiger partial charge in [-0.15, -0.1) is 0 Å². The Morgan fingerprint density at radius 3 is 2.05 bits per heavy atom. The predicted molar refractivity (Wildman–Crippen MR) is 97.8 cm³/mol. The third-order valence-electron chi connectivity index (χ3n) is 4.59. The van der Waals surface area contributed by atoms with Crippen molar-refractivity contribution in [1.82, 2.24) is 5.01 Å². The fraction of sp³-hybridized carbons (Fsp3) is 0.778. The molecule has 4 nitrogen and oxygen atoms in total. The van der Waals surface area contributed by atoms with Crippen molar-refractivity contribution in [3.05, 3.63) is 23.9 Å². The van der Waals surface area contributed by atoms with Gasteiger partial charge in [0, 0.05) is 24.8 Å². The normalized spacial score (nSPS) is 15.5. The molecule has 0 radical (unpaired) electrons. The van der Waals surface area contributed by atoms with Crippen molar-refractivity contribution in [1.29, 1.82) is 0 Å². The summed E-state index contributed by atoms with van der Waals surface area (Å²) in [6, 6.07) is 0.0440. The number of rotatable bonds is 9. The van der Waals surface area contributed by atoms with Crippen LogP contribution in [0, 0.1) is 16.7 Å². The van der Waals surface area contributed by atoms with Gasteiger partial charge in [0.25, 0.3) is 0 Å². The second kappa shape index (κ2) is 8.14. The molecule has 0 amide bonds. The highest BCUT2D eigenvalue weighted by molar-refractivity contribution is 5.24. The van der Waals surface area contributed by atoms with Gasteiger partial charge in [0.15, 0.2) is 0 Å². The summed E-state index contributed by atoms with van der Waals surface area (Å²) in [4.78, 5) is 0. The molecule has 0 rings (SSSR count). The van der Waals surface area contributed by atoms with Gasteiger partial charge < -0.3 is 11.5 Å². The third-order valence-corrected chi connectivity index (χ3v) is 4.59. The molecule has 0 aromatic carbocycles. The Hall–Kier alpha value is -0.840. The molecule has 22 heavy (non-hydrogen) atoms. The minimum atomic E-state index is -0.00840. The fourth-order valence-electron chi connectivity index (χ4n) is 2.79. The predicted octanol–water partition coefficient (Wildman–Crippen LogP) is 3.01. The molecule has 6 N–H and O–H groups in total. The van der Waals surface area contributed by atoms with Gasteiger partial charge in [-0.2, -0.15) is 0 Å². The van der Waals surface area contributed by atoms with Gasteiger partial charge in [-0.25, -0.2) is 5.01 Å². The zero-order valence-corrected chi connectivity index (χ0v) is 15.7. The number of hydrazine groups is 1. The van der Waals surface area contributed by atoms with Crippen LogP contribution in [0.5, 0.6) is 0 Å². The SMILES string of the molecule is C=C(N)/C=C(\CN(N)CC(C)N)C(C)(C)CC(C)(C)C(C)C. The molecule has 0 bridgehead atoms. The van der Waals surface area contributed by atoms with Crippen molar-refractivity contribution in [3.63, 3.8) is 0 Å². The molecule has 1 unspecified atom stereocenters. The minimum Gasteiger partial charge on any atom is -0.399 e. The van der Waals surface area contributed by atoms with Crippen LogP contribution in [-0.4, -0.2) is 24.1 Å². The van der Waals surface area contributed by atoms with E-state index < -0.39 is 0 Å². The zero-order chi connectivity index (χ0) is 17.7. The molecule has 0 aliphatic heterocycles. The van der Waals surface area contributed by atoms with E-state index in [1.54, 1.807) is 5.01 Å². The lowest BCUT2D eigenvalue weighted by atomic mass is 9.66. The highest BCUT2D eigenvalue weighted by Gasteiger charge is 2.34. The first-order chi connectivity index (χ1) is 9.78. The van der Waals surface area contributed by atoms with E-state index in [0.29, 0.717) is 24.7 Å². The maximum atomic E-state index is 6.11. The summed E-state index contributed by atoms with van der Waals surface area (Å²) in [6.07, 6.45) is 3.03. The standard InChI is InChI=1S/C18H38N4/c1-13(2)17(5,6)12-18(7,8)16(9-14(3)19)11-22(21)10-15(4)20/h9,13,15H,3,10-12,19-21H2,1-2,4-8H3/b16-9+. The van der Waals surface area contributed by atoms with Crippen LogP contribution < -0.4 is 17.3 Å². The fourth-order valence-corrected chi connectivity index (χ4v) is 2.79. The van der Waals surface area contributed by atoms with E-state index in [-0.39, 0.29) is 16.9 Å². The second-order valence-electron chi connectivity index (χ2n) is 8.36. The van der Waals surface area contributed by atoms with Crippen LogP contribution in [0.15, 0.2) is 23.9 Å². The third kappa shape index (κ3) is 7.43. The van der Waals surface area contributed by atoms with Crippen molar-refractivity contribution >= 4 is 0 Å². The largest absolute Gasteiger partial charge is 0.399 e. The van der Waals surface area contributed by atoms with Gasteiger partial charge in [0.2, 0.25) is 0 Å². The summed E-state index contributed by atoms with van der Waals surface area (Å²) in [5, 5.41) is 1.77. The van der Waals surface area contributed by atoms with E-state index in [1.165, 1.54) is 5.57 Å². The number of allylic oxidation sites excluding steroid dienone is 1. The van der Waals surface area contributed by atoms with E-state index in [1.807, 2.05) is 13.0 Å². The average Bonchev–Trinajstić information content (AvgIpc) is 2.24. The molecule has 1 atom stereocenters. The average molecular weight is 311 g/mol. The molecule has 0 saturated carbocycles. The molecule has 0 heterocycles. The Morgan fingerprint density at radius 1 is 1.18 bits per heavy atom. The first-order valence-electron chi connectivity index (χ1n) is 8.18. The smallest absolute Gasteiger partial charge is 0.0348 e. The molecule has 4 heteroatoms. The number of nitrogens with zero attached hydrogens (tertiary/aromatic N) is 1. The van der Waals surface area contributed by atoms with Crippen LogP contribution in [-0.2, 0) is 0 Å². The second-order valence-corrected chi connectivity index (χ2v) is 8.36. The molecule has 130 valence electrons. The van der Waals surface area contributed by atoms with Crippen LogP contribution in [0.25, 0.3) is 0 Å². The van der Waals surface area contributed by atoms with Crippen molar-refractivity contribution < 1.29 is 0 Å². The van der Waals surface area contributed by atoms with E-state index in [4.69, 9.17) is 17.3 Å². The van der Waals surface area contributed by atoms with Crippen LogP contribution in [0.1, 0.15) is 54.9 Å². The maximum Gasteiger partial charge on any atom is 0.0348 e. The Balaban J connectivity index is 5.29. The first kappa shape index (κ1) is 21.2. The molecule has 0 spiro atoms. The Morgan fingerprint density at radius 2 is 1.68 bits per heavy atom. The summed E-state index contributed by atoms with van der Waals surface area (Å²) in [5.74, 6) is 6.72. The highest BCUT2D eigenvalue weighted by Crippen LogP contribution is 2.43. The lowest BCUT2D eigenvalue weighted by Gasteiger charge is -2.40. The number of nitrogens with two attached hydrogens (primary N) is 3. The molecular weight excluding hydrogens is 272 g/mol. The van der Waals surface area contributed by atoms with E-state index in [9.17, 15) is 0 Å². The molecule has 0 aromatic heterocycles. The van der Waals surface area contributed by atoms with Gasteiger partial charge in [-0.3, -0.25) is 5.84 Å². The molecule has 0 aromatic rings. The van der Waals surface area contributed by atoms with Crippen LogP contribution in [0.2, 0.25) is 0 Å². The molecular formula is C18H38N4. The summed E-state index contributed by atoms with van der Waals surface area (Å²) in [6.45, 7) is 20.8. The van der Waals surface area contributed by atoms with Crippen molar-refractivity contribution in [2.75, 3.05) is 13.1 Å². The zero-order valence-electron chi connectivity index (χ0n) is 15.7. The quantitative estimate of drug-likeness (QED) is 0.347. The van der Waals surface area contributed by atoms with Crippen LogP contribution >= 0.6 is 0 Å². The van der Waals surface area contributed by atoms with Gasteiger partial charge in [0.05, 0.1) is 0 Å². The van der Waals surface area contributed by atoms with Crippen molar-refractivity contribution in [2.45, 2.75) is 60.9 Å². The Labute approximate surface area is 137 Å². The van der Waals surface area contributed by atoms with Crippen molar-refractivity contribution in [3.8, 4) is 0 Å². The first-order valence-corrected chi connectivity index (χ1v) is 8.18. The van der Waals surface area contributed by atoms with Crippen LogP contribution in [0.3, 0.4) is 0 Å². The van der Waals surface area contributed by atoms with E-state index in [2.05, 4.69) is 48.1 Å². The van der Waals surface area contributed by atoms with Gasteiger partial charge in [0.1, 0.15) is 0 Å².